The average molecular weight is 442 g/mol. The molecule has 2 bridgehead atoms. The smallest absolute Gasteiger partial charge is 0.258 e. The van der Waals surface area contributed by atoms with Crippen LogP contribution in [0.2, 0.25) is 0 Å². The molecule has 2 amide bonds. The minimum absolute atomic E-state index is 0.00899. The maximum atomic E-state index is 13.2. The summed E-state index contributed by atoms with van der Waals surface area (Å²) in [4.78, 5) is 28.6. The van der Waals surface area contributed by atoms with Crippen molar-refractivity contribution < 1.29 is 19.1 Å². The lowest BCUT2D eigenvalue weighted by molar-refractivity contribution is -0.147. The molecule has 4 atom stereocenters. The lowest BCUT2D eigenvalue weighted by Crippen LogP contribution is -2.67. The number of methoxy groups -OCH3 is 1. The Bertz CT molecular complexity index is 895. The number of hydrogen-bond acceptors (Lipinski definition) is 5. The van der Waals surface area contributed by atoms with Gasteiger partial charge in [-0.3, -0.25) is 9.59 Å². The molecule has 1 aromatic carbocycles. The fourth-order valence-electron chi connectivity index (χ4n) is 6.31. The predicted molar refractivity (Wildman–Crippen MR) is 121 cm³/mol. The van der Waals surface area contributed by atoms with Crippen LogP contribution >= 0.6 is 0 Å². The topological polar surface area (TPSA) is 79.9 Å². The normalized spacial score (nSPS) is 32.4. The molecule has 2 aliphatic heterocycles. The van der Waals surface area contributed by atoms with E-state index >= 15 is 0 Å². The molecule has 0 aromatic heterocycles. The number of fused-ring (bicyclic) bond motifs is 3. The zero-order valence-corrected chi connectivity index (χ0v) is 19.4. The number of likely N-dealkylation sites (tertiary alicyclic amines) is 1. The van der Waals surface area contributed by atoms with Crippen LogP contribution in [0.25, 0.3) is 0 Å². The zero-order valence-electron chi connectivity index (χ0n) is 19.4. The van der Waals surface area contributed by atoms with Gasteiger partial charge in [0.05, 0.1) is 12.7 Å². The van der Waals surface area contributed by atoms with Gasteiger partial charge in [-0.1, -0.05) is 0 Å². The summed E-state index contributed by atoms with van der Waals surface area (Å²) in [5.74, 6) is 1.72. The van der Waals surface area contributed by atoms with Crippen molar-refractivity contribution in [3.05, 3.63) is 23.8 Å². The van der Waals surface area contributed by atoms with Crippen molar-refractivity contribution in [3.63, 3.8) is 0 Å². The number of ether oxygens (including phenoxy) is 2. The summed E-state index contributed by atoms with van der Waals surface area (Å²) in [5, 5.41) is 6.53. The third-order valence-corrected chi connectivity index (χ3v) is 8.21. The summed E-state index contributed by atoms with van der Waals surface area (Å²) in [6.07, 6.45) is 5.48. The maximum absolute atomic E-state index is 13.2. The summed E-state index contributed by atoms with van der Waals surface area (Å²) in [5.41, 5.74) is -0.168. The molecule has 2 heterocycles. The minimum atomic E-state index is -0.710. The van der Waals surface area contributed by atoms with Crippen molar-refractivity contribution in [1.82, 2.24) is 15.5 Å². The molecule has 5 aliphatic rings. The fraction of sp³-hybridized carbons (Fsp3) is 0.680. The van der Waals surface area contributed by atoms with Crippen LogP contribution in [0.5, 0.6) is 11.5 Å². The van der Waals surface area contributed by atoms with Gasteiger partial charge in [0.15, 0.2) is 5.72 Å². The molecule has 174 valence electrons. The van der Waals surface area contributed by atoms with Crippen LogP contribution in [0, 0.1) is 17.8 Å². The van der Waals surface area contributed by atoms with Crippen LogP contribution in [0.15, 0.2) is 18.2 Å². The van der Waals surface area contributed by atoms with Crippen LogP contribution < -0.4 is 20.1 Å². The van der Waals surface area contributed by atoms with Gasteiger partial charge in [-0.05, 0) is 64.0 Å². The number of hydrogen-bond donors (Lipinski definition) is 2. The molecule has 3 aliphatic carbocycles. The number of carbonyl (C=O) groups excluding carboxylic acids is 2. The highest BCUT2D eigenvalue weighted by Crippen LogP contribution is 2.52. The summed E-state index contributed by atoms with van der Waals surface area (Å²) in [6.45, 7) is 6.55. The third kappa shape index (κ3) is 3.74. The molecule has 0 unspecified atom stereocenters. The molecule has 6 rings (SSSR count). The van der Waals surface area contributed by atoms with E-state index < -0.39 is 5.72 Å². The van der Waals surface area contributed by atoms with E-state index in [-0.39, 0.29) is 35.6 Å². The zero-order chi connectivity index (χ0) is 22.5. The largest absolute Gasteiger partial charge is 0.497 e. The molecule has 2 N–H and O–H groups in total. The van der Waals surface area contributed by atoms with Crippen LogP contribution in [-0.2, 0) is 4.79 Å². The van der Waals surface area contributed by atoms with Crippen LogP contribution in [0.3, 0.4) is 0 Å². The number of nitrogens with zero attached hydrogens (tertiary/aromatic N) is 1. The molecule has 32 heavy (non-hydrogen) atoms. The molecular formula is C25H35N3O4. The van der Waals surface area contributed by atoms with Gasteiger partial charge < -0.3 is 25.0 Å². The van der Waals surface area contributed by atoms with E-state index in [1.807, 2.05) is 0 Å². The second kappa shape index (κ2) is 8.25. The molecule has 1 saturated heterocycles. The average Bonchev–Trinajstić information content (AvgIpc) is 2.79. The lowest BCUT2D eigenvalue weighted by atomic mass is 9.60. The quantitative estimate of drug-likeness (QED) is 0.751. The van der Waals surface area contributed by atoms with E-state index in [0.29, 0.717) is 29.5 Å². The molecule has 7 nitrogen and oxygen atoms in total. The molecule has 1 aromatic rings. The highest BCUT2D eigenvalue weighted by Gasteiger charge is 2.57. The maximum Gasteiger partial charge on any atom is 0.258 e. The second-order valence-electron chi connectivity index (χ2n) is 10.3. The summed E-state index contributed by atoms with van der Waals surface area (Å²) >= 11 is 0. The Morgan fingerprint density at radius 1 is 1.25 bits per heavy atom. The Labute approximate surface area is 190 Å². The number of carbonyl (C=O) groups is 2. The molecule has 1 spiro atoms. The van der Waals surface area contributed by atoms with E-state index in [0.717, 1.165) is 45.2 Å². The molecule has 4 fully saturated rings. The highest BCUT2D eigenvalue weighted by molar-refractivity contribution is 5.98. The number of benzene rings is 1. The molecule has 0 radical (unpaired) electrons. The molecular weight excluding hydrogens is 406 g/mol. The fourth-order valence-corrected chi connectivity index (χ4v) is 6.31. The Balaban J connectivity index is 1.26. The van der Waals surface area contributed by atoms with Gasteiger partial charge in [-0.15, -0.1) is 0 Å². The van der Waals surface area contributed by atoms with Crippen LogP contribution in [0.1, 0.15) is 62.7 Å². The highest BCUT2D eigenvalue weighted by atomic mass is 16.5. The van der Waals surface area contributed by atoms with Gasteiger partial charge >= 0.3 is 0 Å². The first-order valence-corrected chi connectivity index (χ1v) is 12.1. The van der Waals surface area contributed by atoms with Crippen LogP contribution in [-0.4, -0.2) is 54.7 Å². The molecule has 7 heteroatoms. The first-order chi connectivity index (χ1) is 15.4. The van der Waals surface area contributed by atoms with Gasteiger partial charge in [0.1, 0.15) is 11.5 Å². The Hall–Kier alpha value is -2.28. The van der Waals surface area contributed by atoms with E-state index in [1.165, 1.54) is 0 Å². The summed E-state index contributed by atoms with van der Waals surface area (Å²) in [7, 11) is 1.61. The summed E-state index contributed by atoms with van der Waals surface area (Å²) in [6, 6.07) is 6.16. The van der Waals surface area contributed by atoms with Crippen molar-refractivity contribution in [3.8, 4) is 11.5 Å². The van der Waals surface area contributed by atoms with Crippen molar-refractivity contribution in [1.29, 1.82) is 0 Å². The predicted octanol–water partition coefficient (Wildman–Crippen LogP) is 2.94. The van der Waals surface area contributed by atoms with E-state index in [4.69, 9.17) is 9.47 Å². The molecule has 3 saturated carbocycles. The van der Waals surface area contributed by atoms with Gasteiger partial charge in [0, 0.05) is 49.5 Å². The van der Waals surface area contributed by atoms with Gasteiger partial charge in [0.25, 0.3) is 5.91 Å². The third-order valence-electron chi connectivity index (χ3n) is 8.21. The minimum Gasteiger partial charge on any atom is -0.497 e. The summed E-state index contributed by atoms with van der Waals surface area (Å²) < 4.78 is 11.8. The van der Waals surface area contributed by atoms with Gasteiger partial charge in [-0.25, -0.2) is 0 Å². The number of amides is 2. The van der Waals surface area contributed by atoms with E-state index in [9.17, 15) is 9.59 Å². The van der Waals surface area contributed by atoms with Gasteiger partial charge in [0.2, 0.25) is 5.91 Å². The van der Waals surface area contributed by atoms with Crippen molar-refractivity contribution in [2.45, 2.75) is 70.2 Å². The standard InChI is InChI=1S/C25H35N3O4/c1-15(2)28-10-8-18(9-11-28)26-23(29)21-12-17-5-4-16(21)14-25(17)27-24(30)20-7-6-19(31-3)13-22(20)32-25/h6-7,13,15-18,21H,4-5,8-12,14H2,1-3H3,(H,26,29)(H,27,30)/t16-,17+,21+,25+/m1/s1. The number of nitrogens with one attached hydrogen (secondary N) is 2. The SMILES string of the molecule is COc1ccc2c(c1)O[C@]1(C[C@H]3CC[C@H]1C[C@@H]3C(=O)NC1CCN(C(C)C)CC1)NC2=O. The Morgan fingerprint density at radius 2 is 2.03 bits per heavy atom. The first kappa shape index (κ1) is 21.6. The van der Waals surface area contributed by atoms with Crippen molar-refractivity contribution in [2.75, 3.05) is 20.2 Å². The van der Waals surface area contributed by atoms with Crippen molar-refractivity contribution in [2.24, 2.45) is 17.8 Å². The number of piperidine rings is 1. The number of rotatable bonds is 4. The Kier molecular flexibility index (Phi) is 5.56. The van der Waals surface area contributed by atoms with Crippen LogP contribution in [0.4, 0.5) is 0 Å². The second-order valence-corrected chi connectivity index (χ2v) is 10.3. The first-order valence-electron chi connectivity index (χ1n) is 12.1. The monoisotopic (exact) mass is 441 g/mol. The van der Waals surface area contributed by atoms with Crippen molar-refractivity contribution >= 4 is 11.8 Å². The lowest BCUT2D eigenvalue weighted by Gasteiger charge is -2.55. The van der Waals surface area contributed by atoms with E-state index in [1.54, 1.807) is 25.3 Å². The van der Waals surface area contributed by atoms with E-state index in [2.05, 4.69) is 29.4 Å². The van der Waals surface area contributed by atoms with Gasteiger partial charge in [-0.2, -0.15) is 0 Å². The Morgan fingerprint density at radius 3 is 2.69 bits per heavy atom.